The molecule has 0 aliphatic carbocycles. The first-order valence-corrected chi connectivity index (χ1v) is 9.39. The Kier molecular flexibility index (Phi) is 5.22. The molecule has 1 amide bonds. The number of hydrogen-bond donors (Lipinski definition) is 1. The van der Waals surface area contributed by atoms with Crippen LogP contribution in [0, 0.1) is 11.8 Å². The molecular formula is C21H15N5OS. The molecule has 4 aromatic heterocycles. The van der Waals surface area contributed by atoms with Crippen LogP contribution in [0.1, 0.15) is 27.3 Å². The van der Waals surface area contributed by atoms with Crippen molar-refractivity contribution in [2.24, 2.45) is 0 Å². The summed E-state index contributed by atoms with van der Waals surface area (Å²) < 4.78 is 1.89. The molecule has 0 aromatic carbocycles. The van der Waals surface area contributed by atoms with Gasteiger partial charge in [0.2, 0.25) is 0 Å². The quantitative estimate of drug-likeness (QED) is 0.546. The van der Waals surface area contributed by atoms with Crippen molar-refractivity contribution in [3.63, 3.8) is 0 Å². The fourth-order valence-corrected chi connectivity index (χ4v) is 3.20. The third kappa shape index (κ3) is 4.31. The van der Waals surface area contributed by atoms with Crippen LogP contribution < -0.4 is 5.32 Å². The van der Waals surface area contributed by atoms with Gasteiger partial charge in [-0.25, -0.2) is 4.98 Å². The van der Waals surface area contributed by atoms with Crippen molar-refractivity contribution in [2.45, 2.75) is 6.54 Å². The molecule has 0 spiro atoms. The first kappa shape index (κ1) is 17.6. The Morgan fingerprint density at radius 1 is 1.04 bits per heavy atom. The van der Waals surface area contributed by atoms with Gasteiger partial charge in [-0.2, -0.15) is 0 Å². The minimum Gasteiger partial charge on any atom is -0.339 e. The summed E-state index contributed by atoms with van der Waals surface area (Å²) in [4.78, 5) is 25.0. The molecule has 0 atom stereocenters. The summed E-state index contributed by atoms with van der Waals surface area (Å²) in [5.74, 6) is 5.81. The second kappa shape index (κ2) is 8.29. The Morgan fingerprint density at radius 3 is 2.57 bits per heavy atom. The Hall–Kier alpha value is -3.76. The minimum absolute atomic E-state index is 0.206. The van der Waals surface area contributed by atoms with Crippen molar-refractivity contribution in [1.29, 1.82) is 0 Å². The summed E-state index contributed by atoms with van der Waals surface area (Å²) >= 11 is 1.34. The lowest BCUT2D eigenvalue weighted by molar-refractivity contribution is 0.101. The molecule has 28 heavy (non-hydrogen) atoms. The van der Waals surface area contributed by atoms with Crippen LogP contribution in [0.5, 0.6) is 0 Å². The van der Waals surface area contributed by atoms with Crippen LogP contribution in [0.2, 0.25) is 0 Å². The van der Waals surface area contributed by atoms with E-state index in [4.69, 9.17) is 0 Å². The maximum atomic E-state index is 12.7. The number of hydrogen-bond acceptors (Lipinski definition) is 5. The maximum Gasteiger partial charge on any atom is 0.274 e. The zero-order valence-corrected chi connectivity index (χ0v) is 15.6. The van der Waals surface area contributed by atoms with Gasteiger partial charge in [-0.05, 0) is 47.9 Å². The molecule has 0 aliphatic heterocycles. The number of thiazole rings is 1. The molecule has 136 valence electrons. The fraction of sp³-hybridized carbons (Fsp3) is 0.0476. The van der Waals surface area contributed by atoms with E-state index >= 15 is 0 Å². The van der Waals surface area contributed by atoms with E-state index in [1.807, 2.05) is 46.5 Å². The van der Waals surface area contributed by atoms with E-state index in [1.165, 1.54) is 11.3 Å². The maximum absolute atomic E-state index is 12.7. The van der Waals surface area contributed by atoms with E-state index in [-0.39, 0.29) is 5.91 Å². The van der Waals surface area contributed by atoms with Crippen molar-refractivity contribution in [1.82, 2.24) is 19.5 Å². The average Bonchev–Trinajstić information content (AvgIpc) is 3.37. The van der Waals surface area contributed by atoms with E-state index in [0.717, 1.165) is 11.1 Å². The molecule has 7 heteroatoms. The molecule has 0 saturated carbocycles. The summed E-state index contributed by atoms with van der Waals surface area (Å²) in [5, 5.41) is 5.18. The number of carbonyl (C=O) groups excluding carboxylic acids is 1. The molecule has 0 saturated heterocycles. The first-order chi connectivity index (χ1) is 13.8. The predicted molar refractivity (Wildman–Crippen MR) is 108 cm³/mol. The summed E-state index contributed by atoms with van der Waals surface area (Å²) in [6.45, 7) is 0.596. The van der Waals surface area contributed by atoms with Crippen molar-refractivity contribution < 1.29 is 4.79 Å². The van der Waals surface area contributed by atoms with E-state index in [1.54, 1.807) is 30.9 Å². The smallest absolute Gasteiger partial charge is 0.274 e. The second-order valence-electron chi connectivity index (χ2n) is 5.85. The largest absolute Gasteiger partial charge is 0.339 e. The molecule has 0 aliphatic rings. The van der Waals surface area contributed by atoms with Crippen LogP contribution in [0.3, 0.4) is 0 Å². The van der Waals surface area contributed by atoms with Gasteiger partial charge in [-0.1, -0.05) is 5.92 Å². The van der Waals surface area contributed by atoms with E-state index in [9.17, 15) is 4.79 Å². The van der Waals surface area contributed by atoms with Crippen molar-refractivity contribution >= 4 is 22.4 Å². The lowest BCUT2D eigenvalue weighted by Crippen LogP contribution is -2.17. The number of aromatic nitrogens is 4. The van der Waals surface area contributed by atoms with Gasteiger partial charge in [-0.3, -0.25) is 20.1 Å². The van der Waals surface area contributed by atoms with Crippen molar-refractivity contribution in [3.8, 4) is 11.8 Å². The van der Waals surface area contributed by atoms with Crippen molar-refractivity contribution in [3.05, 3.63) is 95.3 Å². The number of anilines is 1. The van der Waals surface area contributed by atoms with Crippen LogP contribution in [-0.4, -0.2) is 25.4 Å². The van der Waals surface area contributed by atoms with Crippen LogP contribution in [0.4, 0.5) is 5.13 Å². The molecule has 0 fully saturated rings. The minimum atomic E-state index is -0.206. The lowest BCUT2D eigenvalue weighted by Gasteiger charge is -2.08. The van der Waals surface area contributed by atoms with Gasteiger partial charge in [-0.15, -0.1) is 11.3 Å². The third-order valence-corrected chi connectivity index (χ3v) is 4.66. The molecule has 0 bridgehead atoms. The Morgan fingerprint density at radius 2 is 1.79 bits per heavy atom. The van der Waals surface area contributed by atoms with E-state index in [0.29, 0.717) is 23.1 Å². The highest BCUT2D eigenvalue weighted by Crippen LogP contribution is 2.17. The van der Waals surface area contributed by atoms with Gasteiger partial charge < -0.3 is 4.57 Å². The highest BCUT2D eigenvalue weighted by atomic mass is 32.1. The van der Waals surface area contributed by atoms with E-state index < -0.39 is 0 Å². The van der Waals surface area contributed by atoms with Gasteiger partial charge in [0.25, 0.3) is 5.91 Å². The highest BCUT2D eigenvalue weighted by molar-refractivity contribution is 7.14. The van der Waals surface area contributed by atoms with Gasteiger partial charge >= 0.3 is 0 Å². The second-order valence-corrected chi connectivity index (χ2v) is 6.71. The van der Waals surface area contributed by atoms with Crippen LogP contribution in [0.25, 0.3) is 0 Å². The van der Waals surface area contributed by atoms with Crippen LogP contribution in [-0.2, 0) is 6.54 Å². The molecule has 1 N–H and O–H groups in total. The van der Waals surface area contributed by atoms with Gasteiger partial charge in [0.15, 0.2) is 5.13 Å². The molecule has 4 rings (SSSR count). The van der Waals surface area contributed by atoms with Crippen molar-refractivity contribution in [2.75, 3.05) is 5.32 Å². The molecule has 0 radical (unpaired) electrons. The van der Waals surface area contributed by atoms with E-state index in [2.05, 4.69) is 32.1 Å². The number of rotatable bonds is 4. The number of carbonyl (C=O) groups is 1. The van der Waals surface area contributed by atoms with Crippen LogP contribution >= 0.6 is 11.3 Å². The summed E-state index contributed by atoms with van der Waals surface area (Å²) in [6.07, 6.45) is 8.74. The Balaban J connectivity index is 1.45. The fourth-order valence-electron chi connectivity index (χ4n) is 2.56. The van der Waals surface area contributed by atoms with Gasteiger partial charge in [0.1, 0.15) is 11.4 Å². The summed E-state index contributed by atoms with van der Waals surface area (Å²) in [6, 6.07) is 11.2. The summed E-state index contributed by atoms with van der Waals surface area (Å²) in [5.41, 5.74) is 3.12. The molecule has 0 unspecified atom stereocenters. The number of nitrogens with one attached hydrogen (secondary N) is 1. The molecular weight excluding hydrogens is 370 g/mol. The number of amides is 1. The topological polar surface area (TPSA) is 72.7 Å². The predicted octanol–water partition coefficient (Wildman–Crippen LogP) is 3.44. The molecule has 6 nitrogen and oxygen atoms in total. The van der Waals surface area contributed by atoms with Gasteiger partial charge in [0, 0.05) is 48.5 Å². The normalized spacial score (nSPS) is 10.1. The average molecular weight is 385 g/mol. The SMILES string of the molecule is O=C(Nc1nc(C#Cc2ccncc2)cs1)c1cccn1Cc1ccncc1. The lowest BCUT2D eigenvalue weighted by atomic mass is 10.2. The zero-order chi connectivity index (χ0) is 19.2. The standard InChI is InChI=1S/C21H15N5OS/c27-20(19-2-1-13-26(19)14-17-7-11-23-12-8-17)25-21-24-18(15-28-21)4-3-16-5-9-22-10-6-16/h1-2,5-13,15H,14H2,(H,24,25,27). The third-order valence-electron chi connectivity index (χ3n) is 3.90. The Labute approximate surface area is 165 Å². The first-order valence-electron chi connectivity index (χ1n) is 8.51. The number of nitrogens with zero attached hydrogens (tertiary/aromatic N) is 4. The summed E-state index contributed by atoms with van der Waals surface area (Å²) in [7, 11) is 0. The monoisotopic (exact) mass is 385 g/mol. The number of pyridine rings is 2. The van der Waals surface area contributed by atoms with Gasteiger partial charge in [0.05, 0.1) is 0 Å². The zero-order valence-electron chi connectivity index (χ0n) is 14.7. The molecule has 4 aromatic rings. The highest BCUT2D eigenvalue weighted by Gasteiger charge is 2.13. The molecule has 4 heterocycles. The Bertz CT molecular complexity index is 1140. The van der Waals surface area contributed by atoms with Crippen LogP contribution in [0.15, 0.2) is 72.8 Å².